The van der Waals surface area contributed by atoms with Crippen LogP contribution < -0.4 is 0 Å². The minimum atomic E-state index is 0.708. The minimum Gasteiger partial charge on any atom is -0.249 e. The van der Waals surface area contributed by atoms with E-state index < -0.39 is 0 Å². The molecule has 0 bridgehead atoms. The Labute approximate surface area is 101 Å². The Morgan fingerprint density at radius 1 is 1.20 bits per heavy atom. The number of pyridine rings is 1. The van der Waals surface area contributed by atoms with E-state index in [9.17, 15) is 0 Å². The van der Waals surface area contributed by atoms with Crippen LogP contribution in [0, 0.1) is 5.92 Å². The third kappa shape index (κ3) is 6.10. The molecule has 0 N–H and O–H groups in total. The molecular formula is C12H19NS2. The highest BCUT2D eigenvalue weighted by Gasteiger charge is 2.05. The van der Waals surface area contributed by atoms with Gasteiger partial charge in [-0.15, -0.1) is 0 Å². The SMILES string of the molecule is CC(C)CCC(C)SSc1ccccn1. The molecule has 84 valence electrons. The van der Waals surface area contributed by atoms with E-state index >= 15 is 0 Å². The zero-order valence-corrected chi connectivity index (χ0v) is 11.3. The monoisotopic (exact) mass is 241 g/mol. The Bertz CT molecular complexity index is 262. The van der Waals surface area contributed by atoms with E-state index in [1.54, 1.807) is 10.8 Å². The van der Waals surface area contributed by atoms with E-state index in [2.05, 4.69) is 31.8 Å². The van der Waals surface area contributed by atoms with Crippen LogP contribution in [0.15, 0.2) is 29.4 Å². The third-order valence-electron chi connectivity index (χ3n) is 2.09. The average molecular weight is 241 g/mol. The smallest absolute Gasteiger partial charge is 0.106 e. The summed E-state index contributed by atoms with van der Waals surface area (Å²) in [5.74, 6) is 0.813. The second-order valence-corrected chi connectivity index (χ2v) is 6.79. The number of hydrogen-bond acceptors (Lipinski definition) is 3. The van der Waals surface area contributed by atoms with Crippen LogP contribution in [-0.4, -0.2) is 10.2 Å². The molecule has 3 heteroatoms. The number of aromatic nitrogens is 1. The minimum absolute atomic E-state index is 0.708. The second kappa shape index (κ2) is 7.18. The lowest BCUT2D eigenvalue weighted by atomic mass is 10.1. The normalized spacial score (nSPS) is 13.1. The molecular weight excluding hydrogens is 222 g/mol. The van der Waals surface area contributed by atoms with E-state index in [1.165, 1.54) is 12.8 Å². The summed E-state index contributed by atoms with van der Waals surface area (Å²) >= 11 is 0. The van der Waals surface area contributed by atoms with Gasteiger partial charge >= 0.3 is 0 Å². The van der Waals surface area contributed by atoms with Crippen LogP contribution in [0.3, 0.4) is 0 Å². The fourth-order valence-electron chi connectivity index (χ4n) is 1.14. The molecule has 1 aromatic rings. The van der Waals surface area contributed by atoms with Crippen molar-refractivity contribution in [1.82, 2.24) is 4.98 Å². The van der Waals surface area contributed by atoms with Crippen molar-refractivity contribution in [3.63, 3.8) is 0 Å². The van der Waals surface area contributed by atoms with Gasteiger partial charge in [0.1, 0.15) is 5.03 Å². The second-order valence-electron chi connectivity index (χ2n) is 4.13. The molecule has 1 heterocycles. The van der Waals surface area contributed by atoms with Gasteiger partial charge in [-0.25, -0.2) is 4.98 Å². The first kappa shape index (κ1) is 12.9. The van der Waals surface area contributed by atoms with E-state index in [0.29, 0.717) is 5.25 Å². The summed E-state index contributed by atoms with van der Waals surface area (Å²) in [7, 11) is 3.71. The van der Waals surface area contributed by atoms with Crippen LogP contribution in [0.25, 0.3) is 0 Å². The van der Waals surface area contributed by atoms with Crippen LogP contribution in [0.4, 0.5) is 0 Å². The van der Waals surface area contributed by atoms with Crippen LogP contribution in [-0.2, 0) is 0 Å². The number of nitrogens with zero attached hydrogens (tertiary/aromatic N) is 1. The molecule has 0 saturated heterocycles. The van der Waals surface area contributed by atoms with Gasteiger partial charge in [0, 0.05) is 11.4 Å². The molecule has 0 aromatic carbocycles. The summed E-state index contributed by atoms with van der Waals surface area (Å²) in [4.78, 5) is 4.29. The van der Waals surface area contributed by atoms with Crippen molar-refractivity contribution in [2.75, 3.05) is 0 Å². The van der Waals surface area contributed by atoms with Gasteiger partial charge in [-0.3, -0.25) is 0 Å². The molecule has 0 fully saturated rings. The molecule has 1 unspecified atom stereocenters. The van der Waals surface area contributed by atoms with Crippen molar-refractivity contribution in [3.05, 3.63) is 24.4 Å². The first-order chi connectivity index (χ1) is 7.18. The van der Waals surface area contributed by atoms with Crippen LogP contribution in [0.1, 0.15) is 33.6 Å². The number of rotatable bonds is 6. The Morgan fingerprint density at radius 2 is 2.00 bits per heavy atom. The third-order valence-corrected chi connectivity index (χ3v) is 4.95. The molecule has 1 rings (SSSR count). The van der Waals surface area contributed by atoms with Gasteiger partial charge in [0.15, 0.2) is 0 Å². The highest BCUT2D eigenvalue weighted by atomic mass is 33.1. The van der Waals surface area contributed by atoms with Gasteiger partial charge in [0.05, 0.1) is 0 Å². The highest BCUT2D eigenvalue weighted by molar-refractivity contribution is 8.76. The Morgan fingerprint density at radius 3 is 2.60 bits per heavy atom. The van der Waals surface area contributed by atoms with Crippen molar-refractivity contribution in [2.24, 2.45) is 5.92 Å². The van der Waals surface area contributed by atoms with Crippen LogP contribution in [0.2, 0.25) is 0 Å². The topological polar surface area (TPSA) is 12.9 Å². The van der Waals surface area contributed by atoms with Crippen LogP contribution >= 0.6 is 21.6 Å². The first-order valence-electron chi connectivity index (χ1n) is 5.43. The van der Waals surface area contributed by atoms with Crippen molar-refractivity contribution < 1.29 is 0 Å². The maximum atomic E-state index is 4.29. The Hall–Kier alpha value is -0.150. The maximum Gasteiger partial charge on any atom is 0.106 e. The Kier molecular flexibility index (Phi) is 6.18. The number of hydrogen-bond donors (Lipinski definition) is 0. The lowest BCUT2D eigenvalue weighted by molar-refractivity contribution is 0.555. The summed E-state index contributed by atoms with van der Waals surface area (Å²) in [6.45, 7) is 6.86. The largest absolute Gasteiger partial charge is 0.249 e. The molecule has 0 aliphatic carbocycles. The lowest BCUT2D eigenvalue weighted by Gasteiger charge is -2.11. The average Bonchev–Trinajstić information content (AvgIpc) is 2.25. The summed E-state index contributed by atoms with van der Waals surface area (Å²) in [5, 5.41) is 1.82. The summed E-state index contributed by atoms with van der Waals surface area (Å²) in [6.07, 6.45) is 4.46. The van der Waals surface area contributed by atoms with Gasteiger partial charge in [0.25, 0.3) is 0 Å². The summed E-state index contributed by atoms with van der Waals surface area (Å²) < 4.78 is 0. The van der Waals surface area contributed by atoms with Crippen molar-refractivity contribution >= 4 is 21.6 Å². The predicted molar refractivity (Wildman–Crippen MR) is 71.2 cm³/mol. The molecule has 1 nitrogen and oxygen atoms in total. The van der Waals surface area contributed by atoms with Gasteiger partial charge in [-0.05, 0) is 41.7 Å². The van der Waals surface area contributed by atoms with Crippen molar-refractivity contribution in [2.45, 2.75) is 43.9 Å². The van der Waals surface area contributed by atoms with E-state index in [4.69, 9.17) is 0 Å². The molecule has 1 aromatic heterocycles. The molecule has 0 radical (unpaired) electrons. The molecule has 0 aliphatic rings. The first-order valence-corrected chi connectivity index (χ1v) is 7.64. The zero-order chi connectivity index (χ0) is 11.1. The lowest BCUT2D eigenvalue weighted by Crippen LogP contribution is -1.97. The van der Waals surface area contributed by atoms with Crippen molar-refractivity contribution in [3.8, 4) is 0 Å². The van der Waals surface area contributed by atoms with Crippen LogP contribution in [0.5, 0.6) is 0 Å². The zero-order valence-electron chi connectivity index (χ0n) is 9.64. The van der Waals surface area contributed by atoms with E-state index in [-0.39, 0.29) is 0 Å². The van der Waals surface area contributed by atoms with E-state index in [1.807, 2.05) is 29.1 Å². The molecule has 0 aliphatic heterocycles. The van der Waals surface area contributed by atoms with Crippen molar-refractivity contribution in [1.29, 1.82) is 0 Å². The molecule has 1 atom stereocenters. The maximum absolute atomic E-state index is 4.29. The molecule has 0 amide bonds. The van der Waals surface area contributed by atoms with E-state index in [0.717, 1.165) is 10.9 Å². The van der Waals surface area contributed by atoms with Gasteiger partial charge in [-0.2, -0.15) is 0 Å². The molecule has 0 spiro atoms. The molecule has 15 heavy (non-hydrogen) atoms. The predicted octanol–water partition coefficient (Wildman–Crippen LogP) is 4.65. The Balaban J connectivity index is 2.19. The highest BCUT2D eigenvalue weighted by Crippen LogP contribution is 2.34. The quantitative estimate of drug-likeness (QED) is 0.673. The molecule has 0 saturated carbocycles. The van der Waals surface area contributed by atoms with Gasteiger partial charge in [0.2, 0.25) is 0 Å². The summed E-state index contributed by atoms with van der Waals surface area (Å²) in [5.41, 5.74) is 0. The summed E-state index contributed by atoms with van der Waals surface area (Å²) in [6, 6.07) is 6.05. The fraction of sp³-hybridized carbons (Fsp3) is 0.583. The standard InChI is InChI=1S/C12H19NS2/c1-10(2)7-8-11(3)14-15-12-6-4-5-9-13-12/h4-6,9-11H,7-8H2,1-3H3. The fourth-order valence-corrected chi connectivity index (χ4v) is 3.25. The van der Waals surface area contributed by atoms with Gasteiger partial charge in [-0.1, -0.05) is 37.6 Å². The van der Waals surface area contributed by atoms with Gasteiger partial charge < -0.3 is 0 Å².